The van der Waals surface area contributed by atoms with Crippen molar-refractivity contribution >= 4 is 30.1 Å². The van der Waals surface area contributed by atoms with Gasteiger partial charge >= 0.3 is 0 Å². The molecule has 1 aliphatic heterocycles. The predicted molar refractivity (Wildman–Crippen MR) is 61.1 cm³/mol. The lowest BCUT2D eigenvalue weighted by molar-refractivity contribution is -0.121. The summed E-state index contributed by atoms with van der Waals surface area (Å²) in [5.74, 6) is -0.406. The van der Waals surface area contributed by atoms with E-state index in [9.17, 15) is 9.59 Å². The Morgan fingerprint density at radius 3 is 2.33 bits per heavy atom. The molecule has 2 amide bonds. The van der Waals surface area contributed by atoms with Crippen LogP contribution in [0.15, 0.2) is 24.3 Å². The summed E-state index contributed by atoms with van der Waals surface area (Å²) < 4.78 is 0. The molecule has 0 saturated carbocycles. The summed E-state index contributed by atoms with van der Waals surface area (Å²) in [6.45, 7) is 1.96. The van der Waals surface area contributed by atoms with Gasteiger partial charge in [-0.25, -0.2) is 4.90 Å². The van der Waals surface area contributed by atoms with Gasteiger partial charge in [-0.2, -0.15) is 12.6 Å². The zero-order valence-electron chi connectivity index (χ0n) is 8.30. The Bertz CT molecular complexity index is 413. The van der Waals surface area contributed by atoms with Gasteiger partial charge in [0, 0.05) is 6.42 Å². The highest BCUT2D eigenvalue weighted by Gasteiger charge is 2.37. The molecule has 1 aliphatic rings. The third-order valence-corrected chi connectivity index (χ3v) is 2.82. The molecule has 4 heteroatoms. The maximum atomic E-state index is 11.6. The van der Waals surface area contributed by atoms with Crippen molar-refractivity contribution < 1.29 is 9.59 Å². The highest BCUT2D eigenvalue weighted by atomic mass is 32.1. The van der Waals surface area contributed by atoms with Crippen molar-refractivity contribution in [1.29, 1.82) is 0 Å². The summed E-state index contributed by atoms with van der Waals surface area (Å²) >= 11 is 4.06. The van der Waals surface area contributed by atoms with E-state index < -0.39 is 5.25 Å². The molecular weight excluding hydrogens is 210 g/mol. The topological polar surface area (TPSA) is 37.4 Å². The van der Waals surface area contributed by atoms with Gasteiger partial charge in [0.05, 0.1) is 10.9 Å². The Hall–Kier alpha value is -1.29. The standard InChI is InChI=1S/C11H11NO2S/c1-7-2-4-8(5-3-7)12-10(13)6-9(15)11(12)14/h2-5,9,15H,6H2,1H3. The van der Waals surface area contributed by atoms with Crippen molar-refractivity contribution in [1.82, 2.24) is 0 Å². The third-order valence-electron chi connectivity index (χ3n) is 2.41. The fourth-order valence-electron chi connectivity index (χ4n) is 1.58. The van der Waals surface area contributed by atoms with Crippen molar-refractivity contribution in [2.24, 2.45) is 0 Å². The second-order valence-electron chi connectivity index (χ2n) is 3.62. The number of benzene rings is 1. The number of hydrogen-bond acceptors (Lipinski definition) is 3. The van der Waals surface area contributed by atoms with Crippen LogP contribution in [0.25, 0.3) is 0 Å². The summed E-state index contributed by atoms with van der Waals surface area (Å²) in [5, 5.41) is -0.487. The van der Waals surface area contributed by atoms with Gasteiger partial charge in [-0.05, 0) is 19.1 Å². The molecule has 0 bridgehead atoms. The van der Waals surface area contributed by atoms with Crippen LogP contribution in [0.1, 0.15) is 12.0 Å². The second-order valence-corrected chi connectivity index (χ2v) is 4.25. The number of imide groups is 1. The number of amides is 2. The van der Waals surface area contributed by atoms with Gasteiger partial charge in [-0.3, -0.25) is 9.59 Å². The van der Waals surface area contributed by atoms with Crippen LogP contribution >= 0.6 is 12.6 Å². The number of thiol groups is 1. The number of nitrogens with zero attached hydrogens (tertiary/aromatic N) is 1. The number of hydrogen-bond donors (Lipinski definition) is 1. The number of aryl methyl sites for hydroxylation is 1. The van der Waals surface area contributed by atoms with E-state index >= 15 is 0 Å². The minimum Gasteiger partial charge on any atom is -0.274 e. The Morgan fingerprint density at radius 1 is 1.27 bits per heavy atom. The monoisotopic (exact) mass is 221 g/mol. The smallest absolute Gasteiger partial charge is 0.247 e. The first kappa shape index (κ1) is 10.2. The zero-order valence-corrected chi connectivity index (χ0v) is 9.20. The van der Waals surface area contributed by atoms with Gasteiger partial charge in [-0.1, -0.05) is 17.7 Å². The fraction of sp³-hybridized carbons (Fsp3) is 0.273. The molecule has 2 rings (SSSR count). The average Bonchev–Trinajstić information content (AvgIpc) is 2.44. The molecule has 1 unspecified atom stereocenters. The van der Waals surface area contributed by atoms with Crippen molar-refractivity contribution in [2.45, 2.75) is 18.6 Å². The van der Waals surface area contributed by atoms with Crippen LogP contribution in [0.5, 0.6) is 0 Å². The first-order chi connectivity index (χ1) is 7.09. The maximum absolute atomic E-state index is 11.6. The van der Waals surface area contributed by atoms with E-state index in [0.717, 1.165) is 5.56 Å². The van der Waals surface area contributed by atoms with E-state index in [1.54, 1.807) is 12.1 Å². The average molecular weight is 221 g/mol. The van der Waals surface area contributed by atoms with Crippen LogP contribution in [-0.4, -0.2) is 17.1 Å². The molecule has 0 aromatic heterocycles. The molecule has 1 aromatic rings. The lowest BCUT2D eigenvalue weighted by Gasteiger charge is -2.13. The van der Waals surface area contributed by atoms with Gasteiger partial charge in [0.15, 0.2) is 0 Å². The quantitative estimate of drug-likeness (QED) is 0.577. The summed E-state index contributed by atoms with van der Waals surface area (Å²) in [4.78, 5) is 24.4. The van der Waals surface area contributed by atoms with Crippen LogP contribution in [-0.2, 0) is 9.59 Å². The third kappa shape index (κ3) is 1.77. The van der Waals surface area contributed by atoms with E-state index in [1.807, 2.05) is 19.1 Å². The number of anilines is 1. The largest absolute Gasteiger partial charge is 0.274 e. The SMILES string of the molecule is Cc1ccc(N2C(=O)CC(S)C2=O)cc1. The lowest BCUT2D eigenvalue weighted by atomic mass is 10.2. The molecule has 0 aliphatic carbocycles. The second kappa shape index (κ2) is 3.70. The predicted octanol–water partition coefficient (Wildman–Crippen LogP) is 1.56. The first-order valence-electron chi connectivity index (χ1n) is 4.71. The van der Waals surface area contributed by atoms with Gasteiger partial charge in [0.1, 0.15) is 0 Å². The van der Waals surface area contributed by atoms with Crippen molar-refractivity contribution in [3.05, 3.63) is 29.8 Å². The highest BCUT2D eigenvalue weighted by molar-refractivity contribution is 7.82. The maximum Gasteiger partial charge on any atom is 0.247 e. The molecule has 1 aromatic carbocycles. The van der Waals surface area contributed by atoms with Crippen LogP contribution in [0.2, 0.25) is 0 Å². The molecule has 3 nitrogen and oxygen atoms in total. The number of rotatable bonds is 1. The molecular formula is C11H11NO2S. The zero-order chi connectivity index (χ0) is 11.0. The van der Waals surface area contributed by atoms with Crippen LogP contribution in [0.3, 0.4) is 0 Å². The van der Waals surface area contributed by atoms with Crippen LogP contribution in [0, 0.1) is 6.92 Å². The van der Waals surface area contributed by atoms with Crippen molar-refractivity contribution in [3.63, 3.8) is 0 Å². The summed E-state index contributed by atoms with van der Waals surface area (Å²) in [5.41, 5.74) is 1.73. The van der Waals surface area contributed by atoms with Crippen LogP contribution in [0.4, 0.5) is 5.69 Å². The lowest BCUT2D eigenvalue weighted by Crippen LogP contribution is -2.30. The van der Waals surface area contributed by atoms with E-state index in [4.69, 9.17) is 0 Å². The van der Waals surface area contributed by atoms with E-state index in [-0.39, 0.29) is 18.2 Å². The van der Waals surface area contributed by atoms with E-state index in [2.05, 4.69) is 12.6 Å². The Balaban J connectivity index is 2.35. The fourth-order valence-corrected chi connectivity index (χ4v) is 1.85. The highest BCUT2D eigenvalue weighted by Crippen LogP contribution is 2.25. The molecule has 0 N–H and O–H groups in total. The first-order valence-corrected chi connectivity index (χ1v) is 5.23. The number of carbonyl (C=O) groups is 2. The Kier molecular flexibility index (Phi) is 2.52. The van der Waals surface area contributed by atoms with Crippen LogP contribution < -0.4 is 4.90 Å². The van der Waals surface area contributed by atoms with Crippen molar-refractivity contribution in [3.8, 4) is 0 Å². The molecule has 1 heterocycles. The minimum atomic E-state index is -0.487. The van der Waals surface area contributed by atoms with Gasteiger partial charge in [0.25, 0.3) is 0 Å². The molecule has 0 spiro atoms. The summed E-state index contributed by atoms with van der Waals surface area (Å²) in [6, 6.07) is 7.30. The Labute approximate surface area is 93.5 Å². The molecule has 1 fully saturated rings. The van der Waals surface area contributed by atoms with Gasteiger partial charge < -0.3 is 0 Å². The molecule has 0 radical (unpaired) electrons. The number of carbonyl (C=O) groups excluding carboxylic acids is 2. The molecule has 1 atom stereocenters. The molecule has 1 saturated heterocycles. The normalized spacial score (nSPS) is 21.2. The minimum absolute atomic E-state index is 0.177. The summed E-state index contributed by atoms with van der Waals surface area (Å²) in [6.07, 6.45) is 0.190. The van der Waals surface area contributed by atoms with Gasteiger partial charge in [-0.15, -0.1) is 0 Å². The van der Waals surface area contributed by atoms with E-state index in [1.165, 1.54) is 4.90 Å². The van der Waals surface area contributed by atoms with Gasteiger partial charge in [0.2, 0.25) is 11.8 Å². The van der Waals surface area contributed by atoms with E-state index in [0.29, 0.717) is 5.69 Å². The summed E-state index contributed by atoms with van der Waals surface area (Å²) in [7, 11) is 0. The Morgan fingerprint density at radius 2 is 1.87 bits per heavy atom. The molecule has 78 valence electrons. The van der Waals surface area contributed by atoms with Crippen molar-refractivity contribution in [2.75, 3.05) is 4.90 Å². The molecule has 15 heavy (non-hydrogen) atoms.